The molecular formula is C13H22O7. The van der Waals surface area contributed by atoms with Gasteiger partial charge in [0, 0.05) is 28.4 Å². The molecule has 1 unspecified atom stereocenters. The molecule has 0 heterocycles. The Morgan fingerprint density at radius 3 is 1.80 bits per heavy atom. The van der Waals surface area contributed by atoms with E-state index in [9.17, 15) is 4.79 Å². The zero-order valence-electron chi connectivity index (χ0n) is 12.7. The Morgan fingerprint density at radius 1 is 0.950 bits per heavy atom. The van der Waals surface area contributed by atoms with Crippen LogP contribution >= 0.6 is 0 Å². The standard InChI is InChI=1S/C13H22O7/c1-15-10-9(7-14)12(17-3,18-4)8-13(19-5,20-6)11(10)16-2/h7,9H,8H2,1-6H3. The third-order valence-electron chi connectivity index (χ3n) is 3.72. The topological polar surface area (TPSA) is 72.5 Å². The summed E-state index contributed by atoms with van der Waals surface area (Å²) in [6.45, 7) is 0. The zero-order chi connectivity index (χ0) is 15.4. The lowest BCUT2D eigenvalue weighted by Crippen LogP contribution is -2.57. The molecule has 0 amide bonds. The lowest BCUT2D eigenvalue weighted by Gasteiger charge is -2.47. The number of methoxy groups -OCH3 is 6. The molecule has 0 aromatic heterocycles. The van der Waals surface area contributed by atoms with Gasteiger partial charge in [-0.05, 0) is 0 Å². The van der Waals surface area contributed by atoms with Crippen LogP contribution in [0.2, 0.25) is 0 Å². The van der Waals surface area contributed by atoms with Gasteiger partial charge in [0.05, 0.1) is 20.6 Å². The molecule has 0 saturated carbocycles. The van der Waals surface area contributed by atoms with Gasteiger partial charge in [-0.2, -0.15) is 0 Å². The molecule has 0 radical (unpaired) electrons. The fourth-order valence-corrected chi connectivity index (χ4v) is 2.58. The Kier molecular flexibility index (Phi) is 5.52. The number of carbonyl (C=O) groups excluding carboxylic acids is 1. The van der Waals surface area contributed by atoms with E-state index in [4.69, 9.17) is 28.4 Å². The van der Waals surface area contributed by atoms with Crippen molar-refractivity contribution in [1.82, 2.24) is 0 Å². The lowest BCUT2D eigenvalue weighted by atomic mass is 9.82. The molecule has 1 rings (SSSR count). The van der Waals surface area contributed by atoms with E-state index in [1.165, 1.54) is 42.7 Å². The molecule has 0 saturated heterocycles. The van der Waals surface area contributed by atoms with Crippen LogP contribution in [-0.2, 0) is 33.2 Å². The van der Waals surface area contributed by atoms with Crippen LogP contribution in [0.25, 0.3) is 0 Å². The summed E-state index contributed by atoms with van der Waals surface area (Å²) in [4.78, 5) is 11.5. The minimum absolute atomic E-state index is 0.111. The van der Waals surface area contributed by atoms with Gasteiger partial charge in [-0.15, -0.1) is 0 Å². The van der Waals surface area contributed by atoms with Crippen LogP contribution in [0.3, 0.4) is 0 Å². The highest BCUT2D eigenvalue weighted by Gasteiger charge is 2.59. The smallest absolute Gasteiger partial charge is 0.236 e. The minimum Gasteiger partial charge on any atom is -0.496 e. The number of hydrogen-bond acceptors (Lipinski definition) is 7. The molecule has 1 atom stereocenters. The molecule has 7 nitrogen and oxygen atoms in total. The van der Waals surface area contributed by atoms with Crippen LogP contribution in [0.4, 0.5) is 0 Å². The Hall–Kier alpha value is -1.15. The lowest BCUT2D eigenvalue weighted by molar-refractivity contribution is -0.311. The van der Waals surface area contributed by atoms with Crippen LogP contribution in [0.15, 0.2) is 11.5 Å². The Bertz CT molecular complexity index is 369. The molecular weight excluding hydrogens is 268 g/mol. The van der Waals surface area contributed by atoms with E-state index < -0.39 is 17.5 Å². The largest absolute Gasteiger partial charge is 0.496 e. The van der Waals surface area contributed by atoms with Crippen molar-refractivity contribution in [3.63, 3.8) is 0 Å². The van der Waals surface area contributed by atoms with E-state index in [0.717, 1.165) is 0 Å². The average Bonchev–Trinajstić information content (AvgIpc) is 2.52. The molecule has 1 aliphatic rings. The summed E-state index contributed by atoms with van der Waals surface area (Å²) in [5, 5.41) is 0. The number of carbonyl (C=O) groups is 1. The van der Waals surface area contributed by atoms with Crippen molar-refractivity contribution in [2.24, 2.45) is 5.92 Å². The monoisotopic (exact) mass is 290 g/mol. The van der Waals surface area contributed by atoms with Gasteiger partial charge in [0.15, 0.2) is 17.3 Å². The summed E-state index contributed by atoms with van der Waals surface area (Å²) in [6.07, 6.45) is 0.805. The summed E-state index contributed by atoms with van der Waals surface area (Å²) in [7, 11) is 8.71. The first-order valence-electron chi connectivity index (χ1n) is 6.03. The van der Waals surface area contributed by atoms with Gasteiger partial charge in [0.1, 0.15) is 12.2 Å². The highest BCUT2D eigenvalue weighted by molar-refractivity contribution is 5.61. The molecule has 20 heavy (non-hydrogen) atoms. The number of aldehydes is 1. The van der Waals surface area contributed by atoms with Crippen molar-refractivity contribution >= 4 is 6.29 Å². The number of ether oxygens (including phenoxy) is 6. The van der Waals surface area contributed by atoms with E-state index in [-0.39, 0.29) is 17.9 Å². The van der Waals surface area contributed by atoms with Crippen molar-refractivity contribution in [3.8, 4) is 0 Å². The van der Waals surface area contributed by atoms with Crippen molar-refractivity contribution in [2.45, 2.75) is 18.0 Å². The molecule has 0 aliphatic heterocycles. The maximum atomic E-state index is 11.5. The van der Waals surface area contributed by atoms with Crippen molar-refractivity contribution < 1.29 is 33.2 Å². The molecule has 116 valence electrons. The summed E-state index contributed by atoms with van der Waals surface area (Å²) >= 11 is 0. The van der Waals surface area contributed by atoms with Gasteiger partial charge in [0.2, 0.25) is 5.79 Å². The maximum Gasteiger partial charge on any atom is 0.236 e. The quantitative estimate of drug-likeness (QED) is 0.504. The van der Waals surface area contributed by atoms with Crippen molar-refractivity contribution in [1.29, 1.82) is 0 Å². The van der Waals surface area contributed by atoms with Crippen LogP contribution in [-0.4, -0.2) is 60.5 Å². The third kappa shape index (κ3) is 2.31. The highest BCUT2D eigenvalue weighted by atomic mass is 16.7. The zero-order valence-corrected chi connectivity index (χ0v) is 12.7. The highest BCUT2D eigenvalue weighted by Crippen LogP contribution is 2.47. The van der Waals surface area contributed by atoms with Crippen LogP contribution in [0, 0.1) is 5.92 Å². The van der Waals surface area contributed by atoms with Gasteiger partial charge < -0.3 is 33.2 Å². The minimum atomic E-state index is -1.26. The predicted octanol–water partition coefficient (Wildman–Crippen LogP) is 0.688. The normalized spacial score (nSPS) is 24.4. The summed E-state index contributed by atoms with van der Waals surface area (Å²) in [6, 6.07) is 0. The van der Waals surface area contributed by atoms with E-state index in [0.29, 0.717) is 6.29 Å². The second-order valence-electron chi connectivity index (χ2n) is 4.27. The third-order valence-corrected chi connectivity index (χ3v) is 3.72. The van der Waals surface area contributed by atoms with E-state index in [2.05, 4.69) is 0 Å². The molecule has 0 aromatic rings. The summed E-state index contributed by atoms with van der Waals surface area (Å²) in [5.74, 6) is -2.78. The second-order valence-corrected chi connectivity index (χ2v) is 4.27. The summed E-state index contributed by atoms with van der Waals surface area (Å²) in [5.41, 5.74) is 0. The van der Waals surface area contributed by atoms with Gasteiger partial charge in [-0.25, -0.2) is 0 Å². The van der Waals surface area contributed by atoms with Gasteiger partial charge >= 0.3 is 0 Å². The number of rotatable bonds is 7. The Labute approximate surface area is 118 Å². The molecule has 0 bridgehead atoms. The molecule has 0 fully saturated rings. The van der Waals surface area contributed by atoms with E-state index >= 15 is 0 Å². The van der Waals surface area contributed by atoms with E-state index in [1.807, 2.05) is 0 Å². The van der Waals surface area contributed by atoms with Gasteiger partial charge in [0.25, 0.3) is 0 Å². The molecule has 0 aromatic carbocycles. The Morgan fingerprint density at radius 2 is 1.50 bits per heavy atom. The van der Waals surface area contributed by atoms with Gasteiger partial charge in [-0.3, -0.25) is 0 Å². The number of hydrogen-bond donors (Lipinski definition) is 0. The van der Waals surface area contributed by atoms with Crippen molar-refractivity contribution in [2.75, 3.05) is 42.7 Å². The maximum absolute atomic E-state index is 11.5. The van der Waals surface area contributed by atoms with Crippen LogP contribution < -0.4 is 0 Å². The van der Waals surface area contributed by atoms with E-state index in [1.54, 1.807) is 0 Å². The average molecular weight is 290 g/mol. The first-order chi connectivity index (χ1) is 9.54. The van der Waals surface area contributed by atoms with Gasteiger partial charge in [-0.1, -0.05) is 0 Å². The van der Waals surface area contributed by atoms with Crippen molar-refractivity contribution in [3.05, 3.63) is 11.5 Å². The summed E-state index contributed by atoms with van der Waals surface area (Å²) < 4.78 is 32.4. The molecule has 0 spiro atoms. The first kappa shape index (κ1) is 16.9. The van der Waals surface area contributed by atoms with Crippen LogP contribution in [0.5, 0.6) is 0 Å². The predicted molar refractivity (Wildman–Crippen MR) is 68.7 cm³/mol. The molecule has 7 heteroatoms. The molecule has 1 aliphatic carbocycles. The van der Waals surface area contributed by atoms with Crippen LogP contribution in [0.1, 0.15) is 6.42 Å². The fourth-order valence-electron chi connectivity index (χ4n) is 2.58. The molecule has 0 N–H and O–H groups in total. The Balaban J connectivity index is 3.56. The second kappa shape index (κ2) is 6.53. The fraction of sp³-hybridized carbons (Fsp3) is 0.769. The SMILES string of the molecule is COC1=C(OC)C(OC)(OC)CC(OC)(OC)C1C=O. The first-order valence-corrected chi connectivity index (χ1v) is 6.03.